The highest BCUT2D eigenvalue weighted by molar-refractivity contribution is 7.18. The Morgan fingerprint density at radius 3 is 2.54 bits per heavy atom. The lowest BCUT2D eigenvalue weighted by Gasteiger charge is -2.26. The van der Waals surface area contributed by atoms with Crippen LogP contribution in [0.25, 0.3) is 10.2 Å². The van der Waals surface area contributed by atoms with Crippen LogP contribution in [0.5, 0.6) is 0 Å². The number of aromatic nitrogens is 1. The van der Waals surface area contributed by atoms with Gasteiger partial charge in [0.15, 0.2) is 0 Å². The molecule has 1 atom stereocenters. The lowest BCUT2D eigenvalue weighted by atomic mass is 9.85. The second kappa shape index (κ2) is 6.53. The zero-order valence-corrected chi connectivity index (χ0v) is 15.3. The number of amides is 3. The summed E-state index contributed by atoms with van der Waals surface area (Å²) in [5.74, 6) is -0.199. The van der Waals surface area contributed by atoms with Crippen molar-refractivity contribution in [2.75, 3.05) is 0 Å². The van der Waals surface area contributed by atoms with Gasteiger partial charge in [0.25, 0.3) is 5.91 Å². The van der Waals surface area contributed by atoms with Crippen LogP contribution < -0.4 is 5.32 Å². The van der Waals surface area contributed by atoms with Crippen molar-refractivity contribution < 1.29 is 9.59 Å². The molecule has 1 saturated heterocycles. The molecule has 132 valence electrons. The van der Waals surface area contributed by atoms with Crippen molar-refractivity contribution in [1.82, 2.24) is 15.2 Å². The van der Waals surface area contributed by atoms with E-state index < -0.39 is 5.54 Å². The fraction of sp³-hybridized carbons (Fsp3) is 0.250. The summed E-state index contributed by atoms with van der Waals surface area (Å²) in [6.07, 6.45) is 1.35. The quantitative estimate of drug-likeness (QED) is 0.694. The number of para-hydroxylation sites is 1. The number of carbonyl (C=O) groups excluding carboxylic acids is 2. The minimum absolute atomic E-state index is 0.197. The summed E-state index contributed by atoms with van der Waals surface area (Å²) in [6.45, 7) is 2.21. The number of hydrogen-bond acceptors (Lipinski definition) is 4. The summed E-state index contributed by atoms with van der Waals surface area (Å²) in [7, 11) is 0. The first-order chi connectivity index (χ1) is 12.6. The number of carbonyl (C=O) groups is 2. The van der Waals surface area contributed by atoms with Gasteiger partial charge in [0, 0.05) is 0 Å². The molecule has 1 aliphatic heterocycles. The lowest BCUT2D eigenvalue weighted by Crippen LogP contribution is -2.43. The van der Waals surface area contributed by atoms with E-state index in [-0.39, 0.29) is 18.5 Å². The Labute approximate surface area is 155 Å². The second-order valence-corrected chi connectivity index (χ2v) is 7.53. The van der Waals surface area contributed by atoms with E-state index in [0.29, 0.717) is 6.42 Å². The summed E-state index contributed by atoms with van der Waals surface area (Å²) in [5.41, 5.74) is 0.735. The SMILES string of the molecule is CCC[C@@]1(c2ccccc2)NC(=O)N(Cc2nc3ccccc3s2)C1=O. The normalized spacial score (nSPS) is 20.0. The molecule has 5 nitrogen and oxygen atoms in total. The number of thiazole rings is 1. The number of benzene rings is 2. The van der Waals surface area contributed by atoms with Crippen molar-refractivity contribution >= 4 is 33.5 Å². The summed E-state index contributed by atoms with van der Waals surface area (Å²) >= 11 is 1.51. The average Bonchev–Trinajstić information content (AvgIpc) is 3.17. The number of imide groups is 1. The van der Waals surface area contributed by atoms with Gasteiger partial charge in [-0.2, -0.15) is 0 Å². The van der Waals surface area contributed by atoms with E-state index in [0.717, 1.165) is 27.2 Å². The standard InChI is InChI=1S/C20H19N3O2S/c1-2-12-20(14-8-4-3-5-9-14)18(24)23(19(25)22-20)13-17-21-15-10-6-7-11-16(15)26-17/h3-11H,2,12-13H2,1H3,(H,22,25)/t20-/m0/s1. The molecule has 0 saturated carbocycles. The minimum Gasteiger partial charge on any atom is -0.319 e. The van der Waals surface area contributed by atoms with Crippen molar-refractivity contribution in [2.24, 2.45) is 0 Å². The smallest absolute Gasteiger partial charge is 0.319 e. The fourth-order valence-corrected chi connectivity index (χ4v) is 4.46. The fourth-order valence-electron chi connectivity index (χ4n) is 3.50. The number of rotatable bonds is 5. The van der Waals surface area contributed by atoms with Gasteiger partial charge in [-0.05, 0) is 24.1 Å². The van der Waals surface area contributed by atoms with Crippen LogP contribution in [0.4, 0.5) is 4.79 Å². The highest BCUT2D eigenvalue weighted by Crippen LogP contribution is 2.35. The van der Waals surface area contributed by atoms with E-state index in [2.05, 4.69) is 10.3 Å². The van der Waals surface area contributed by atoms with E-state index in [4.69, 9.17) is 0 Å². The Hall–Kier alpha value is -2.73. The number of hydrogen-bond donors (Lipinski definition) is 1. The average molecular weight is 365 g/mol. The maximum atomic E-state index is 13.3. The molecule has 1 aromatic heterocycles. The van der Waals surface area contributed by atoms with Gasteiger partial charge in [-0.1, -0.05) is 55.8 Å². The summed E-state index contributed by atoms with van der Waals surface area (Å²) in [5, 5.41) is 3.71. The van der Waals surface area contributed by atoms with Crippen LogP contribution in [0.2, 0.25) is 0 Å². The van der Waals surface area contributed by atoms with Crippen molar-refractivity contribution in [1.29, 1.82) is 0 Å². The molecule has 26 heavy (non-hydrogen) atoms. The predicted molar refractivity (Wildman–Crippen MR) is 102 cm³/mol. The molecule has 2 heterocycles. The molecule has 3 amide bonds. The number of nitrogens with zero attached hydrogens (tertiary/aromatic N) is 2. The highest BCUT2D eigenvalue weighted by atomic mass is 32.1. The summed E-state index contributed by atoms with van der Waals surface area (Å²) in [6, 6.07) is 16.9. The molecule has 0 radical (unpaired) electrons. The predicted octanol–water partition coefficient (Wildman–Crippen LogP) is 4.04. The zero-order chi connectivity index (χ0) is 18.1. The molecule has 4 rings (SSSR count). The van der Waals surface area contributed by atoms with E-state index in [1.165, 1.54) is 16.2 Å². The van der Waals surface area contributed by atoms with Crippen LogP contribution in [0.1, 0.15) is 30.3 Å². The minimum atomic E-state index is -0.982. The first-order valence-electron chi connectivity index (χ1n) is 8.68. The van der Waals surface area contributed by atoms with Crippen LogP contribution in [0, 0.1) is 0 Å². The van der Waals surface area contributed by atoms with Crippen molar-refractivity contribution in [3.8, 4) is 0 Å². The monoisotopic (exact) mass is 365 g/mol. The summed E-state index contributed by atoms with van der Waals surface area (Å²) < 4.78 is 1.05. The van der Waals surface area contributed by atoms with Gasteiger partial charge in [0.05, 0.1) is 16.8 Å². The Morgan fingerprint density at radius 2 is 1.81 bits per heavy atom. The van der Waals surface area contributed by atoms with E-state index in [1.54, 1.807) is 0 Å². The molecular formula is C20H19N3O2S. The third-order valence-electron chi connectivity index (χ3n) is 4.70. The maximum Gasteiger partial charge on any atom is 0.325 e. The topological polar surface area (TPSA) is 62.3 Å². The van der Waals surface area contributed by atoms with Gasteiger partial charge in [0.1, 0.15) is 10.5 Å². The van der Waals surface area contributed by atoms with E-state index >= 15 is 0 Å². The number of urea groups is 1. The Kier molecular flexibility index (Phi) is 4.20. The van der Waals surface area contributed by atoms with Gasteiger partial charge in [-0.15, -0.1) is 11.3 Å². The van der Waals surface area contributed by atoms with Gasteiger partial charge >= 0.3 is 6.03 Å². The van der Waals surface area contributed by atoms with Crippen molar-refractivity contribution in [3.63, 3.8) is 0 Å². The molecule has 1 N–H and O–H groups in total. The maximum absolute atomic E-state index is 13.3. The molecule has 1 aliphatic rings. The van der Waals surface area contributed by atoms with Crippen LogP contribution in [-0.2, 0) is 16.9 Å². The molecule has 0 spiro atoms. The van der Waals surface area contributed by atoms with Gasteiger partial charge in [-0.3, -0.25) is 9.69 Å². The van der Waals surface area contributed by atoms with Crippen LogP contribution >= 0.6 is 11.3 Å². The molecule has 1 fully saturated rings. The lowest BCUT2D eigenvalue weighted by molar-refractivity contribution is -0.132. The largest absolute Gasteiger partial charge is 0.325 e. The molecule has 2 aromatic carbocycles. The van der Waals surface area contributed by atoms with E-state index in [9.17, 15) is 9.59 Å². The second-order valence-electron chi connectivity index (χ2n) is 6.42. The Balaban J connectivity index is 1.67. The molecule has 3 aromatic rings. The van der Waals surface area contributed by atoms with Gasteiger partial charge in [0.2, 0.25) is 0 Å². The van der Waals surface area contributed by atoms with Crippen LogP contribution in [0.15, 0.2) is 54.6 Å². The third kappa shape index (κ3) is 2.66. The zero-order valence-electron chi connectivity index (χ0n) is 14.4. The van der Waals surface area contributed by atoms with Crippen molar-refractivity contribution in [2.45, 2.75) is 31.8 Å². The van der Waals surface area contributed by atoms with Crippen LogP contribution in [-0.4, -0.2) is 21.8 Å². The van der Waals surface area contributed by atoms with Gasteiger partial charge < -0.3 is 5.32 Å². The molecule has 6 heteroatoms. The first kappa shape index (κ1) is 16.7. The van der Waals surface area contributed by atoms with E-state index in [1.807, 2.05) is 61.5 Å². The first-order valence-corrected chi connectivity index (χ1v) is 9.50. The summed E-state index contributed by atoms with van der Waals surface area (Å²) in [4.78, 5) is 31.8. The third-order valence-corrected chi connectivity index (χ3v) is 5.72. The Bertz CT molecular complexity index is 936. The molecule has 0 aliphatic carbocycles. The van der Waals surface area contributed by atoms with Crippen LogP contribution in [0.3, 0.4) is 0 Å². The number of nitrogens with one attached hydrogen (secondary N) is 1. The molecular weight excluding hydrogens is 346 g/mol. The number of fused-ring (bicyclic) bond motifs is 1. The molecule has 0 bridgehead atoms. The Morgan fingerprint density at radius 1 is 1.08 bits per heavy atom. The highest BCUT2D eigenvalue weighted by Gasteiger charge is 2.51. The molecule has 0 unspecified atom stereocenters. The van der Waals surface area contributed by atoms with Crippen molar-refractivity contribution in [3.05, 3.63) is 65.2 Å². The van der Waals surface area contributed by atoms with Gasteiger partial charge in [-0.25, -0.2) is 9.78 Å².